The predicted octanol–water partition coefficient (Wildman–Crippen LogP) is 12.7. The molecule has 0 atom stereocenters. The van der Waals surface area contributed by atoms with Crippen molar-refractivity contribution in [3.8, 4) is 39.1 Å². The van der Waals surface area contributed by atoms with Crippen LogP contribution in [0, 0.1) is 0 Å². The van der Waals surface area contributed by atoms with Gasteiger partial charge in [0.1, 0.15) is 0 Å². The molecule has 0 spiro atoms. The molecule has 0 aliphatic rings. The lowest BCUT2D eigenvalue weighted by molar-refractivity contribution is 1.18. The maximum absolute atomic E-state index is 2.44. The Hall–Kier alpha value is -6.38. The van der Waals surface area contributed by atoms with Gasteiger partial charge in [0.25, 0.3) is 0 Å². The van der Waals surface area contributed by atoms with Gasteiger partial charge in [-0.15, -0.1) is 0 Å². The zero-order valence-electron chi connectivity index (χ0n) is 27.3. The van der Waals surface area contributed by atoms with E-state index < -0.39 is 0 Å². The minimum Gasteiger partial charge on any atom is -0.345 e. The summed E-state index contributed by atoms with van der Waals surface area (Å²) in [5.74, 6) is 0. The number of rotatable bonds is 6. The Morgan fingerprint density at radius 1 is 0.388 bits per heavy atom. The molecule has 9 aromatic rings. The van der Waals surface area contributed by atoms with Crippen molar-refractivity contribution in [3.05, 3.63) is 188 Å². The van der Waals surface area contributed by atoms with Crippen molar-refractivity contribution in [1.82, 2.24) is 4.57 Å². The van der Waals surface area contributed by atoms with E-state index in [4.69, 9.17) is 0 Å². The van der Waals surface area contributed by atoms with Crippen LogP contribution in [0.1, 0.15) is 0 Å². The molecule has 1 aromatic heterocycles. The van der Waals surface area contributed by atoms with Crippen molar-refractivity contribution < 1.29 is 0 Å². The van der Waals surface area contributed by atoms with Crippen molar-refractivity contribution in [2.75, 3.05) is 11.9 Å². The number of hydrogen-bond donors (Lipinski definition) is 0. The van der Waals surface area contributed by atoms with E-state index in [1.807, 2.05) is 0 Å². The molecule has 0 aliphatic carbocycles. The van der Waals surface area contributed by atoms with Gasteiger partial charge in [-0.05, 0) is 98.8 Å². The summed E-state index contributed by atoms with van der Waals surface area (Å²) >= 11 is 0. The van der Waals surface area contributed by atoms with Crippen LogP contribution in [0.2, 0.25) is 0 Å². The fourth-order valence-electron chi connectivity index (χ4n) is 7.25. The largest absolute Gasteiger partial charge is 0.345 e. The Bertz CT molecular complexity index is 2580. The van der Waals surface area contributed by atoms with Gasteiger partial charge in [-0.3, -0.25) is 0 Å². The Balaban J connectivity index is 1.15. The smallest absolute Gasteiger partial charge is 0.0547 e. The van der Waals surface area contributed by atoms with Crippen LogP contribution in [0.15, 0.2) is 188 Å². The first-order valence-electron chi connectivity index (χ1n) is 16.8. The molecule has 232 valence electrons. The van der Waals surface area contributed by atoms with Crippen molar-refractivity contribution in [2.24, 2.45) is 0 Å². The van der Waals surface area contributed by atoms with E-state index in [1.54, 1.807) is 0 Å². The second-order valence-corrected chi connectivity index (χ2v) is 12.7. The van der Waals surface area contributed by atoms with Crippen LogP contribution in [0.5, 0.6) is 0 Å². The number of benzene rings is 8. The molecular formula is C47H34N2. The summed E-state index contributed by atoms with van der Waals surface area (Å²) in [6.45, 7) is 0. The van der Waals surface area contributed by atoms with Crippen LogP contribution < -0.4 is 4.90 Å². The highest BCUT2D eigenvalue weighted by molar-refractivity contribution is 6.18. The van der Waals surface area contributed by atoms with Crippen LogP contribution in [-0.4, -0.2) is 11.6 Å². The SMILES string of the molecule is CN(c1ccccc1)c1ccc(-c2ccc(-c3cccc4c3c3cc5ccccc5cc3n4-c3cccc(-c4ccccc4)c3)cc2)cc1. The van der Waals surface area contributed by atoms with E-state index in [0.29, 0.717) is 0 Å². The van der Waals surface area contributed by atoms with Gasteiger partial charge < -0.3 is 9.47 Å². The molecule has 0 unspecified atom stereocenters. The summed E-state index contributed by atoms with van der Waals surface area (Å²) in [6, 6.07) is 68.0. The molecule has 0 saturated carbocycles. The third kappa shape index (κ3) is 5.15. The lowest BCUT2D eigenvalue weighted by Gasteiger charge is -2.19. The van der Waals surface area contributed by atoms with Gasteiger partial charge >= 0.3 is 0 Å². The Morgan fingerprint density at radius 2 is 0.939 bits per heavy atom. The second-order valence-electron chi connectivity index (χ2n) is 12.7. The third-order valence-electron chi connectivity index (χ3n) is 9.80. The first-order chi connectivity index (χ1) is 24.2. The molecule has 0 amide bonds. The predicted molar refractivity (Wildman–Crippen MR) is 209 cm³/mol. The molecule has 0 fully saturated rings. The highest BCUT2D eigenvalue weighted by Gasteiger charge is 2.18. The summed E-state index contributed by atoms with van der Waals surface area (Å²) in [5.41, 5.74) is 13.2. The Morgan fingerprint density at radius 3 is 1.67 bits per heavy atom. The summed E-state index contributed by atoms with van der Waals surface area (Å²) in [5, 5.41) is 5.02. The first-order valence-corrected chi connectivity index (χ1v) is 16.8. The molecule has 0 saturated heterocycles. The van der Waals surface area contributed by atoms with Crippen molar-refractivity contribution in [3.63, 3.8) is 0 Å². The zero-order chi connectivity index (χ0) is 32.7. The van der Waals surface area contributed by atoms with Gasteiger partial charge in [-0.1, -0.05) is 133 Å². The number of anilines is 2. The van der Waals surface area contributed by atoms with Gasteiger partial charge in [-0.25, -0.2) is 0 Å². The average molecular weight is 627 g/mol. The fraction of sp³-hybridized carbons (Fsp3) is 0.0213. The van der Waals surface area contributed by atoms with Gasteiger partial charge in [0, 0.05) is 34.9 Å². The number of aromatic nitrogens is 1. The highest BCUT2D eigenvalue weighted by Crippen LogP contribution is 2.41. The van der Waals surface area contributed by atoms with E-state index in [9.17, 15) is 0 Å². The van der Waals surface area contributed by atoms with Gasteiger partial charge in [0.2, 0.25) is 0 Å². The zero-order valence-corrected chi connectivity index (χ0v) is 27.3. The molecular weight excluding hydrogens is 593 g/mol. The van der Waals surface area contributed by atoms with Crippen molar-refractivity contribution in [1.29, 1.82) is 0 Å². The molecule has 9 rings (SSSR count). The maximum Gasteiger partial charge on any atom is 0.0547 e. The van der Waals surface area contributed by atoms with Crippen molar-refractivity contribution >= 4 is 44.0 Å². The first kappa shape index (κ1) is 28.8. The highest BCUT2D eigenvalue weighted by atomic mass is 15.1. The number of fused-ring (bicyclic) bond motifs is 4. The van der Waals surface area contributed by atoms with E-state index in [-0.39, 0.29) is 0 Å². The molecule has 0 bridgehead atoms. The maximum atomic E-state index is 2.44. The van der Waals surface area contributed by atoms with Crippen LogP contribution >= 0.6 is 0 Å². The van der Waals surface area contributed by atoms with Crippen LogP contribution in [0.25, 0.3) is 71.6 Å². The number of para-hydroxylation sites is 1. The fourth-order valence-corrected chi connectivity index (χ4v) is 7.25. The van der Waals surface area contributed by atoms with Crippen LogP contribution in [0.3, 0.4) is 0 Å². The minimum atomic E-state index is 1.16. The lowest BCUT2D eigenvalue weighted by Crippen LogP contribution is -2.08. The minimum absolute atomic E-state index is 1.16. The number of nitrogens with zero attached hydrogens (tertiary/aromatic N) is 2. The summed E-state index contributed by atoms with van der Waals surface area (Å²) < 4.78 is 2.44. The van der Waals surface area contributed by atoms with E-state index in [1.165, 1.54) is 71.6 Å². The van der Waals surface area contributed by atoms with Gasteiger partial charge in [0.05, 0.1) is 11.0 Å². The molecule has 8 aromatic carbocycles. The Labute approximate surface area is 286 Å². The summed E-state index contributed by atoms with van der Waals surface area (Å²) in [7, 11) is 2.11. The normalized spacial score (nSPS) is 11.4. The molecule has 0 radical (unpaired) electrons. The summed E-state index contributed by atoms with van der Waals surface area (Å²) in [6.07, 6.45) is 0. The molecule has 49 heavy (non-hydrogen) atoms. The summed E-state index contributed by atoms with van der Waals surface area (Å²) in [4.78, 5) is 2.21. The Kier molecular flexibility index (Phi) is 7.06. The van der Waals surface area contributed by atoms with Crippen LogP contribution in [-0.2, 0) is 0 Å². The molecule has 0 N–H and O–H groups in total. The quantitative estimate of drug-likeness (QED) is 0.178. The number of hydrogen-bond acceptors (Lipinski definition) is 1. The van der Waals surface area contributed by atoms with E-state index in [2.05, 4.69) is 205 Å². The van der Waals surface area contributed by atoms with Gasteiger partial charge in [-0.2, -0.15) is 0 Å². The average Bonchev–Trinajstić information content (AvgIpc) is 3.51. The van der Waals surface area contributed by atoms with E-state index in [0.717, 1.165) is 11.4 Å². The van der Waals surface area contributed by atoms with Gasteiger partial charge in [0.15, 0.2) is 0 Å². The topological polar surface area (TPSA) is 8.17 Å². The van der Waals surface area contributed by atoms with Crippen LogP contribution in [0.4, 0.5) is 11.4 Å². The monoisotopic (exact) mass is 626 g/mol. The lowest BCUT2D eigenvalue weighted by atomic mass is 9.96. The van der Waals surface area contributed by atoms with Crippen molar-refractivity contribution in [2.45, 2.75) is 0 Å². The third-order valence-corrected chi connectivity index (χ3v) is 9.80. The molecule has 0 aliphatic heterocycles. The second kappa shape index (κ2) is 12.0. The molecule has 2 heteroatoms. The molecule has 2 nitrogen and oxygen atoms in total. The molecule has 1 heterocycles. The standard InChI is InChI=1S/C47H34N2/c1-48(40-17-6-3-7-18-40)41-28-26-35(27-29-41)34-22-24-36(25-23-34)43-20-11-21-45-47(43)44-31-38-14-8-9-15-39(38)32-46(44)49(45)42-19-10-16-37(30-42)33-12-4-2-5-13-33/h2-32H,1H3. The van der Waals surface area contributed by atoms with E-state index >= 15 is 0 Å².